The smallest absolute Gasteiger partial charge is 0.253 e. The van der Waals surface area contributed by atoms with E-state index in [4.69, 9.17) is 15.9 Å². The van der Waals surface area contributed by atoms with Gasteiger partial charge in [-0.3, -0.25) is 15.0 Å². The molecule has 1 atom stereocenters. The second kappa shape index (κ2) is 10.8. The SMILES string of the molecule is N=C(N)c1ccc(CNC(=O)CC2OCCN(C(c3ccccc3)c3ccccc3)C2=O)cc1. The lowest BCUT2D eigenvalue weighted by Crippen LogP contribution is -2.50. The molecule has 0 aliphatic carbocycles. The van der Waals surface area contributed by atoms with E-state index in [1.807, 2.05) is 77.7 Å². The van der Waals surface area contributed by atoms with Crippen LogP contribution in [0.1, 0.15) is 34.7 Å². The van der Waals surface area contributed by atoms with Crippen LogP contribution in [0.3, 0.4) is 0 Å². The summed E-state index contributed by atoms with van der Waals surface area (Å²) in [5.74, 6) is -0.450. The molecule has 1 saturated heterocycles. The number of nitrogens with two attached hydrogens (primary N) is 1. The molecule has 1 unspecified atom stereocenters. The van der Waals surface area contributed by atoms with Crippen LogP contribution in [0.2, 0.25) is 0 Å². The Morgan fingerprint density at radius 3 is 2.15 bits per heavy atom. The maximum atomic E-state index is 13.4. The molecule has 7 nitrogen and oxygen atoms in total. The summed E-state index contributed by atoms with van der Waals surface area (Å²) in [5.41, 5.74) is 9.01. The van der Waals surface area contributed by atoms with Crippen molar-refractivity contribution in [2.75, 3.05) is 13.2 Å². The molecule has 0 spiro atoms. The number of benzene rings is 3. The van der Waals surface area contributed by atoms with Crippen LogP contribution in [0.5, 0.6) is 0 Å². The van der Waals surface area contributed by atoms with Gasteiger partial charge in [0, 0.05) is 18.7 Å². The minimum atomic E-state index is -0.830. The zero-order valence-corrected chi connectivity index (χ0v) is 18.8. The second-order valence-corrected chi connectivity index (χ2v) is 8.21. The van der Waals surface area contributed by atoms with Gasteiger partial charge in [-0.25, -0.2) is 0 Å². The molecule has 1 heterocycles. The summed E-state index contributed by atoms with van der Waals surface area (Å²) in [4.78, 5) is 27.8. The highest BCUT2D eigenvalue weighted by Crippen LogP contribution is 2.31. The van der Waals surface area contributed by atoms with E-state index in [9.17, 15) is 9.59 Å². The number of carbonyl (C=O) groups is 2. The van der Waals surface area contributed by atoms with E-state index in [1.54, 1.807) is 12.1 Å². The first-order chi connectivity index (χ1) is 16.5. The minimum Gasteiger partial charge on any atom is -0.384 e. The molecular formula is C27H28N4O3. The topological polar surface area (TPSA) is 109 Å². The summed E-state index contributed by atoms with van der Waals surface area (Å²) in [5, 5.41) is 10.3. The number of nitrogen functional groups attached to an aromatic ring is 1. The number of ether oxygens (including phenoxy) is 1. The normalized spacial score (nSPS) is 15.9. The fraction of sp³-hybridized carbons (Fsp3) is 0.222. The summed E-state index contributed by atoms with van der Waals surface area (Å²) >= 11 is 0. The number of rotatable bonds is 8. The lowest BCUT2D eigenvalue weighted by Gasteiger charge is -2.38. The van der Waals surface area contributed by atoms with Crippen LogP contribution >= 0.6 is 0 Å². The van der Waals surface area contributed by atoms with Crippen molar-refractivity contribution in [2.45, 2.75) is 25.1 Å². The van der Waals surface area contributed by atoms with E-state index < -0.39 is 6.10 Å². The van der Waals surface area contributed by atoms with Gasteiger partial charge in [0.1, 0.15) is 11.9 Å². The number of nitrogens with one attached hydrogen (secondary N) is 2. The molecular weight excluding hydrogens is 428 g/mol. The van der Waals surface area contributed by atoms with E-state index in [2.05, 4.69) is 5.32 Å². The number of carbonyl (C=O) groups excluding carboxylic acids is 2. The van der Waals surface area contributed by atoms with Gasteiger partial charge in [-0.05, 0) is 16.7 Å². The molecule has 1 aliphatic heterocycles. The monoisotopic (exact) mass is 456 g/mol. The van der Waals surface area contributed by atoms with Gasteiger partial charge in [-0.1, -0.05) is 84.9 Å². The number of nitrogens with zero attached hydrogens (tertiary/aromatic N) is 1. The Balaban J connectivity index is 1.43. The van der Waals surface area contributed by atoms with Crippen LogP contribution < -0.4 is 11.1 Å². The average Bonchev–Trinajstić information content (AvgIpc) is 2.87. The summed E-state index contributed by atoms with van der Waals surface area (Å²) in [7, 11) is 0. The molecule has 4 rings (SSSR count). The largest absolute Gasteiger partial charge is 0.384 e. The van der Waals surface area contributed by atoms with Crippen molar-refractivity contribution in [1.29, 1.82) is 5.41 Å². The van der Waals surface area contributed by atoms with Crippen molar-refractivity contribution in [3.8, 4) is 0 Å². The molecule has 1 fully saturated rings. The van der Waals surface area contributed by atoms with Crippen LogP contribution in [0.25, 0.3) is 0 Å². The van der Waals surface area contributed by atoms with Gasteiger partial charge >= 0.3 is 0 Å². The summed E-state index contributed by atoms with van der Waals surface area (Å²) < 4.78 is 5.72. The Labute approximate surface area is 199 Å². The van der Waals surface area contributed by atoms with Crippen LogP contribution in [0, 0.1) is 5.41 Å². The van der Waals surface area contributed by atoms with Crippen LogP contribution in [-0.2, 0) is 20.9 Å². The minimum absolute atomic E-state index is 0.00240. The maximum absolute atomic E-state index is 13.4. The van der Waals surface area contributed by atoms with Crippen molar-refractivity contribution in [3.05, 3.63) is 107 Å². The van der Waals surface area contributed by atoms with Gasteiger partial charge in [-0.15, -0.1) is 0 Å². The quantitative estimate of drug-likeness (QED) is 0.358. The molecule has 0 bridgehead atoms. The first-order valence-corrected chi connectivity index (χ1v) is 11.2. The first-order valence-electron chi connectivity index (χ1n) is 11.2. The molecule has 34 heavy (non-hydrogen) atoms. The third-order valence-electron chi connectivity index (χ3n) is 5.88. The lowest BCUT2D eigenvalue weighted by atomic mass is 9.96. The molecule has 0 saturated carbocycles. The third-order valence-corrected chi connectivity index (χ3v) is 5.88. The Morgan fingerprint density at radius 1 is 1.00 bits per heavy atom. The van der Waals surface area contributed by atoms with E-state index >= 15 is 0 Å². The molecule has 7 heteroatoms. The maximum Gasteiger partial charge on any atom is 0.253 e. The van der Waals surface area contributed by atoms with E-state index in [-0.39, 0.29) is 30.1 Å². The number of amidine groups is 1. The van der Waals surface area contributed by atoms with Crippen LogP contribution in [0.4, 0.5) is 0 Å². The van der Waals surface area contributed by atoms with E-state index in [0.717, 1.165) is 16.7 Å². The van der Waals surface area contributed by atoms with Gasteiger partial charge in [0.15, 0.2) is 0 Å². The Kier molecular flexibility index (Phi) is 7.34. The third kappa shape index (κ3) is 5.50. The van der Waals surface area contributed by atoms with Gasteiger partial charge < -0.3 is 20.7 Å². The molecule has 0 aromatic heterocycles. The highest BCUT2D eigenvalue weighted by molar-refractivity contribution is 5.94. The van der Waals surface area contributed by atoms with Crippen molar-refractivity contribution < 1.29 is 14.3 Å². The average molecular weight is 457 g/mol. The molecule has 3 aromatic carbocycles. The Hall–Kier alpha value is -3.97. The number of hydrogen-bond donors (Lipinski definition) is 3. The van der Waals surface area contributed by atoms with Crippen molar-refractivity contribution >= 4 is 17.6 Å². The fourth-order valence-electron chi connectivity index (χ4n) is 4.13. The molecule has 0 radical (unpaired) electrons. The number of amides is 2. The first kappa shape index (κ1) is 23.2. The van der Waals surface area contributed by atoms with Gasteiger partial charge in [0.2, 0.25) is 5.91 Å². The zero-order chi connectivity index (χ0) is 23.9. The molecule has 1 aliphatic rings. The van der Waals surface area contributed by atoms with E-state index in [0.29, 0.717) is 25.3 Å². The fourth-order valence-corrected chi connectivity index (χ4v) is 4.13. The summed E-state index contributed by atoms with van der Waals surface area (Å²) in [6.45, 7) is 1.14. The standard InChI is InChI=1S/C27H28N4O3/c28-26(29)22-13-11-19(12-14-22)18-30-24(32)17-23-27(33)31(15-16-34-23)25(20-7-3-1-4-8-20)21-9-5-2-6-10-21/h1-14,23,25H,15-18H2,(H3,28,29)(H,30,32). The Morgan fingerprint density at radius 2 is 1.59 bits per heavy atom. The zero-order valence-electron chi connectivity index (χ0n) is 18.8. The van der Waals surface area contributed by atoms with Crippen LogP contribution in [0.15, 0.2) is 84.9 Å². The van der Waals surface area contributed by atoms with Crippen molar-refractivity contribution in [3.63, 3.8) is 0 Å². The molecule has 174 valence electrons. The molecule has 4 N–H and O–H groups in total. The number of morpholine rings is 1. The lowest BCUT2D eigenvalue weighted by molar-refractivity contribution is -0.158. The molecule has 3 aromatic rings. The van der Waals surface area contributed by atoms with Gasteiger partial charge in [0.25, 0.3) is 5.91 Å². The van der Waals surface area contributed by atoms with Gasteiger partial charge in [-0.2, -0.15) is 0 Å². The molecule has 2 amide bonds. The van der Waals surface area contributed by atoms with Crippen molar-refractivity contribution in [1.82, 2.24) is 10.2 Å². The summed E-state index contributed by atoms with van der Waals surface area (Å²) in [6, 6.07) is 26.7. The van der Waals surface area contributed by atoms with E-state index in [1.165, 1.54) is 0 Å². The predicted molar refractivity (Wildman–Crippen MR) is 130 cm³/mol. The van der Waals surface area contributed by atoms with Crippen LogP contribution in [-0.4, -0.2) is 41.8 Å². The highest BCUT2D eigenvalue weighted by Gasteiger charge is 2.36. The van der Waals surface area contributed by atoms with Gasteiger partial charge in [0.05, 0.1) is 19.1 Å². The second-order valence-electron chi connectivity index (χ2n) is 8.21. The highest BCUT2D eigenvalue weighted by atomic mass is 16.5. The Bertz CT molecular complexity index is 1090. The summed E-state index contributed by atoms with van der Waals surface area (Å²) in [6.07, 6.45) is -0.874. The number of hydrogen-bond acceptors (Lipinski definition) is 4. The predicted octanol–water partition coefficient (Wildman–Crippen LogP) is 2.99. The van der Waals surface area contributed by atoms with Crippen molar-refractivity contribution in [2.24, 2.45) is 5.73 Å².